The number of benzene rings is 2. The molecule has 5 rings (SSSR count). The van der Waals surface area contributed by atoms with E-state index in [2.05, 4.69) is 15.7 Å². The van der Waals surface area contributed by atoms with E-state index in [1.165, 1.54) is 0 Å². The van der Waals surface area contributed by atoms with Crippen molar-refractivity contribution in [2.24, 2.45) is 5.92 Å². The molecule has 1 aliphatic heterocycles. The largest absolute Gasteiger partial charge is 0.454 e. The molecule has 1 aromatic heterocycles. The van der Waals surface area contributed by atoms with Crippen molar-refractivity contribution in [3.8, 4) is 17.2 Å². The van der Waals surface area contributed by atoms with E-state index in [-0.39, 0.29) is 30.2 Å². The summed E-state index contributed by atoms with van der Waals surface area (Å²) in [6.07, 6.45) is 2.45. The van der Waals surface area contributed by atoms with Crippen LogP contribution in [0.1, 0.15) is 28.9 Å². The summed E-state index contributed by atoms with van der Waals surface area (Å²) in [5.41, 5.74) is 2.06. The van der Waals surface area contributed by atoms with E-state index in [1.807, 2.05) is 48.5 Å². The highest BCUT2D eigenvalue weighted by Gasteiger charge is 2.30. The van der Waals surface area contributed by atoms with Gasteiger partial charge in [-0.25, -0.2) is 4.68 Å². The Balaban J connectivity index is 1.27. The van der Waals surface area contributed by atoms with Crippen molar-refractivity contribution in [3.05, 3.63) is 65.9 Å². The molecule has 0 atom stereocenters. The van der Waals surface area contributed by atoms with Crippen LogP contribution in [0.25, 0.3) is 5.69 Å². The Kier molecular flexibility index (Phi) is 5.03. The number of fused-ring (bicyclic) bond motifs is 1. The van der Waals surface area contributed by atoms with Crippen molar-refractivity contribution in [2.45, 2.75) is 19.3 Å². The lowest BCUT2D eigenvalue weighted by atomic mass is 10.1. The number of aromatic nitrogens is 2. The molecule has 2 N–H and O–H groups in total. The lowest BCUT2D eigenvalue weighted by Crippen LogP contribution is -2.26. The molecule has 158 valence electrons. The van der Waals surface area contributed by atoms with Gasteiger partial charge in [0.05, 0.1) is 5.69 Å². The molecule has 2 heterocycles. The Morgan fingerprint density at radius 3 is 2.65 bits per heavy atom. The van der Waals surface area contributed by atoms with Gasteiger partial charge in [0.1, 0.15) is 5.82 Å². The number of amides is 2. The smallest absolute Gasteiger partial charge is 0.271 e. The monoisotopic (exact) mass is 418 g/mol. The molecule has 1 fully saturated rings. The summed E-state index contributed by atoms with van der Waals surface area (Å²) in [6.45, 7) is 0.680. The average molecular weight is 418 g/mol. The first-order valence-corrected chi connectivity index (χ1v) is 10.3. The molecule has 1 aliphatic carbocycles. The summed E-state index contributed by atoms with van der Waals surface area (Å²) in [6, 6.07) is 16.8. The molecule has 2 aromatic carbocycles. The minimum atomic E-state index is -0.294. The number of hydrogen-bond acceptors (Lipinski definition) is 5. The van der Waals surface area contributed by atoms with Crippen molar-refractivity contribution in [2.75, 3.05) is 18.7 Å². The second-order valence-electron chi connectivity index (χ2n) is 7.62. The third-order valence-corrected chi connectivity index (χ3v) is 5.28. The highest BCUT2D eigenvalue weighted by molar-refractivity contribution is 5.97. The number of rotatable bonds is 7. The number of anilines is 1. The zero-order chi connectivity index (χ0) is 21.2. The lowest BCUT2D eigenvalue weighted by molar-refractivity contribution is -0.117. The van der Waals surface area contributed by atoms with Crippen molar-refractivity contribution in [3.63, 3.8) is 0 Å². The van der Waals surface area contributed by atoms with Crippen molar-refractivity contribution >= 4 is 17.6 Å². The summed E-state index contributed by atoms with van der Waals surface area (Å²) >= 11 is 0. The molecule has 2 aliphatic rings. The SMILES string of the molecule is O=C(NCCc1ccc2c(c1)OCO2)c1cc(NC(=O)C2CC2)n(-c2ccccc2)n1. The van der Waals surface area contributed by atoms with Crippen LogP contribution >= 0.6 is 0 Å². The van der Waals surface area contributed by atoms with Gasteiger partial charge in [-0.2, -0.15) is 5.10 Å². The third kappa shape index (κ3) is 4.23. The third-order valence-electron chi connectivity index (χ3n) is 5.28. The molecule has 0 saturated heterocycles. The van der Waals surface area contributed by atoms with Gasteiger partial charge < -0.3 is 20.1 Å². The van der Waals surface area contributed by atoms with Gasteiger partial charge in [-0.15, -0.1) is 0 Å². The lowest BCUT2D eigenvalue weighted by Gasteiger charge is -2.08. The molecule has 0 unspecified atom stereocenters. The summed E-state index contributed by atoms with van der Waals surface area (Å²) in [7, 11) is 0. The molecule has 0 spiro atoms. The van der Waals surface area contributed by atoms with E-state index in [1.54, 1.807) is 10.7 Å². The van der Waals surface area contributed by atoms with E-state index in [4.69, 9.17) is 9.47 Å². The Morgan fingerprint density at radius 2 is 1.84 bits per heavy atom. The van der Waals surface area contributed by atoms with E-state index in [0.29, 0.717) is 18.8 Å². The quantitative estimate of drug-likeness (QED) is 0.615. The number of para-hydroxylation sites is 1. The summed E-state index contributed by atoms with van der Waals surface area (Å²) in [5, 5.41) is 10.2. The second kappa shape index (κ2) is 8.14. The minimum Gasteiger partial charge on any atom is -0.454 e. The van der Waals surface area contributed by atoms with Gasteiger partial charge in [-0.1, -0.05) is 24.3 Å². The highest BCUT2D eigenvalue weighted by atomic mass is 16.7. The number of hydrogen-bond donors (Lipinski definition) is 2. The maximum atomic E-state index is 12.7. The van der Waals surface area contributed by atoms with Gasteiger partial charge in [0, 0.05) is 18.5 Å². The summed E-state index contributed by atoms with van der Waals surface area (Å²) in [5.74, 6) is 1.67. The zero-order valence-electron chi connectivity index (χ0n) is 16.8. The van der Waals surface area contributed by atoms with Gasteiger partial charge in [0.2, 0.25) is 12.7 Å². The molecular formula is C23H22N4O4. The van der Waals surface area contributed by atoms with Crippen LogP contribution in [0, 0.1) is 5.92 Å². The van der Waals surface area contributed by atoms with Gasteiger partial charge in [-0.3, -0.25) is 9.59 Å². The topological polar surface area (TPSA) is 94.5 Å². The van der Waals surface area contributed by atoms with Gasteiger partial charge >= 0.3 is 0 Å². The maximum Gasteiger partial charge on any atom is 0.271 e. The number of carbonyl (C=O) groups is 2. The Morgan fingerprint density at radius 1 is 1.03 bits per heavy atom. The van der Waals surface area contributed by atoms with Gasteiger partial charge in [0.25, 0.3) is 5.91 Å². The standard InChI is InChI=1S/C23H22N4O4/c28-22(16-7-8-16)25-21-13-18(26-27(21)17-4-2-1-3-5-17)23(29)24-11-10-15-6-9-19-20(12-15)31-14-30-19/h1-6,9,12-13,16H,7-8,10-11,14H2,(H,24,29)(H,25,28). The fourth-order valence-electron chi connectivity index (χ4n) is 3.43. The van der Waals surface area contributed by atoms with Crippen LogP contribution in [0.15, 0.2) is 54.6 Å². The molecule has 8 heteroatoms. The van der Waals surface area contributed by atoms with Crippen LogP contribution in [0.5, 0.6) is 11.5 Å². The average Bonchev–Trinajstić information content (AvgIpc) is 3.40. The van der Waals surface area contributed by atoms with E-state index in [0.717, 1.165) is 35.6 Å². The Hall–Kier alpha value is -3.81. The summed E-state index contributed by atoms with van der Waals surface area (Å²) in [4.78, 5) is 25.0. The second-order valence-corrected chi connectivity index (χ2v) is 7.62. The molecular weight excluding hydrogens is 396 g/mol. The molecule has 0 radical (unpaired) electrons. The maximum absolute atomic E-state index is 12.7. The predicted molar refractivity (Wildman–Crippen MR) is 114 cm³/mol. The van der Waals surface area contributed by atoms with Crippen LogP contribution in [0.2, 0.25) is 0 Å². The van der Waals surface area contributed by atoms with Gasteiger partial charge in [0.15, 0.2) is 17.2 Å². The number of nitrogens with zero attached hydrogens (tertiary/aromatic N) is 2. The normalized spacial score (nSPS) is 14.3. The van der Waals surface area contributed by atoms with Crippen molar-refractivity contribution in [1.29, 1.82) is 0 Å². The highest BCUT2D eigenvalue weighted by Crippen LogP contribution is 2.32. The first-order chi connectivity index (χ1) is 15.2. The van der Waals surface area contributed by atoms with Crippen molar-refractivity contribution < 1.29 is 19.1 Å². The Labute approximate surface area is 179 Å². The summed E-state index contributed by atoms with van der Waals surface area (Å²) < 4.78 is 12.3. The van der Waals surface area contributed by atoms with E-state index >= 15 is 0 Å². The number of ether oxygens (including phenoxy) is 2. The van der Waals surface area contributed by atoms with E-state index in [9.17, 15) is 9.59 Å². The Bertz CT molecular complexity index is 1120. The molecule has 2 amide bonds. The van der Waals surface area contributed by atoms with Crippen LogP contribution in [-0.2, 0) is 11.2 Å². The van der Waals surface area contributed by atoms with Crippen LogP contribution in [0.4, 0.5) is 5.82 Å². The number of nitrogens with one attached hydrogen (secondary N) is 2. The molecule has 0 bridgehead atoms. The first-order valence-electron chi connectivity index (χ1n) is 10.3. The fraction of sp³-hybridized carbons (Fsp3) is 0.261. The van der Waals surface area contributed by atoms with Crippen molar-refractivity contribution in [1.82, 2.24) is 15.1 Å². The molecule has 3 aromatic rings. The van der Waals surface area contributed by atoms with Gasteiger partial charge in [-0.05, 0) is 49.1 Å². The predicted octanol–water partition coefficient (Wildman–Crippen LogP) is 2.92. The van der Waals surface area contributed by atoms with E-state index < -0.39 is 0 Å². The fourth-order valence-corrected chi connectivity index (χ4v) is 3.43. The number of carbonyl (C=O) groups excluding carboxylic acids is 2. The van der Waals surface area contributed by atoms with Crippen LogP contribution < -0.4 is 20.1 Å². The van der Waals surface area contributed by atoms with Crippen LogP contribution in [-0.4, -0.2) is 34.9 Å². The first kappa shape index (κ1) is 19.2. The molecule has 8 nitrogen and oxygen atoms in total. The molecule has 1 saturated carbocycles. The molecule has 31 heavy (non-hydrogen) atoms. The van der Waals surface area contributed by atoms with Crippen LogP contribution in [0.3, 0.4) is 0 Å². The zero-order valence-corrected chi connectivity index (χ0v) is 16.8. The minimum absolute atomic E-state index is 0.0353.